The highest BCUT2D eigenvalue weighted by Gasteiger charge is 2.35. The molecule has 10 heteroatoms. The molecule has 0 radical (unpaired) electrons. The molecule has 2 heterocycles. The third kappa shape index (κ3) is 6.25. The number of hydrogen-bond donors (Lipinski definition) is 2. The van der Waals surface area contributed by atoms with Crippen LogP contribution in [0.1, 0.15) is 46.2 Å². The fraction of sp³-hybridized carbons (Fsp3) is 0.321. The first-order valence-electron chi connectivity index (χ1n) is 12.4. The molecule has 0 aliphatic rings. The number of carbonyl (C=O) groups excluding carboxylic acids is 3. The minimum Gasteiger partial charge on any atom is -0.349 e. The molecule has 1 unspecified atom stereocenters. The van der Waals surface area contributed by atoms with Crippen molar-refractivity contribution in [3.05, 3.63) is 70.9 Å². The topological polar surface area (TPSA) is 109 Å². The monoisotopic (exact) mass is 532 g/mol. The van der Waals surface area contributed by atoms with Crippen molar-refractivity contribution in [2.75, 3.05) is 10.2 Å². The van der Waals surface area contributed by atoms with Gasteiger partial charge < -0.3 is 10.6 Å². The number of aromatic nitrogens is 3. The van der Waals surface area contributed by atoms with Crippen molar-refractivity contribution in [1.29, 1.82) is 0 Å². The molecule has 198 valence electrons. The Bertz CT molecular complexity index is 1420. The number of para-hydroxylation sites is 1. The number of hydrogen-bond acceptors (Lipinski definition) is 6. The van der Waals surface area contributed by atoms with Crippen molar-refractivity contribution >= 4 is 51.5 Å². The van der Waals surface area contributed by atoms with Gasteiger partial charge in [-0.1, -0.05) is 31.2 Å². The molecule has 0 fully saturated rings. The average molecular weight is 533 g/mol. The zero-order valence-electron chi connectivity index (χ0n) is 22.1. The van der Waals surface area contributed by atoms with Crippen LogP contribution in [0, 0.1) is 5.92 Å². The zero-order valence-corrected chi connectivity index (χ0v) is 23.0. The van der Waals surface area contributed by atoms with Crippen molar-refractivity contribution in [3.63, 3.8) is 0 Å². The van der Waals surface area contributed by atoms with Crippen LogP contribution in [0.5, 0.6) is 0 Å². The van der Waals surface area contributed by atoms with Crippen LogP contribution in [-0.2, 0) is 20.9 Å². The summed E-state index contributed by atoms with van der Waals surface area (Å²) in [5.74, 6) is -0.913. The lowest BCUT2D eigenvalue weighted by molar-refractivity contribution is -0.128. The molecule has 2 aromatic heterocycles. The summed E-state index contributed by atoms with van der Waals surface area (Å²) in [6, 6.07) is 15.3. The molecule has 0 saturated heterocycles. The Morgan fingerprint density at radius 2 is 1.71 bits per heavy atom. The summed E-state index contributed by atoms with van der Waals surface area (Å²) in [6.07, 6.45) is 0. The Morgan fingerprint density at radius 3 is 2.34 bits per heavy atom. The molecule has 38 heavy (non-hydrogen) atoms. The predicted molar refractivity (Wildman–Crippen MR) is 150 cm³/mol. The van der Waals surface area contributed by atoms with Gasteiger partial charge in [0, 0.05) is 22.8 Å². The van der Waals surface area contributed by atoms with E-state index in [4.69, 9.17) is 0 Å². The van der Waals surface area contributed by atoms with Gasteiger partial charge in [0.05, 0.1) is 5.52 Å². The number of thiophene rings is 1. The molecule has 0 bridgehead atoms. The first-order valence-corrected chi connectivity index (χ1v) is 13.3. The van der Waals surface area contributed by atoms with Crippen molar-refractivity contribution < 1.29 is 14.4 Å². The molecule has 2 aromatic carbocycles. The van der Waals surface area contributed by atoms with Gasteiger partial charge in [-0.25, -0.2) is 4.68 Å². The number of nitrogens with one attached hydrogen (secondary N) is 2. The molecular weight excluding hydrogens is 500 g/mol. The number of benzene rings is 2. The minimum atomic E-state index is -0.918. The molecule has 0 spiro atoms. The number of carbonyl (C=O) groups is 3. The fourth-order valence-corrected chi connectivity index (χ4v) is 4.63. The highest BCUT2D eigenvalue weighted by molar-refractivity contribution is 7.08. The largest absolute Gasteiger partial charge is 0.349 e. The quantitative estimate of drug-likeness (QED) is 0.340. The predicted octanol–water partition coefficient (Wildman–Crippen LogP) is 4.78. The van der Waals surface area contributed by atoms with Crippen LogP contribution >= 0.6 is 11.3 Å². The first kappa shape index (κ1) is 27.0. The van der Waals surface area contributed by atoms with E-state index in [2.05, 4.69) is 20.9 Å². The molecule has 2 N–H and O–H groups in total. The minimum absolute atomic E-state index is 0.107. The Kier molecular flexibility index (Phi) is 7.91. The van der Waals surface area contributed by atoms with Gasteiger partial charge in [0.1, 0.15) is 18.1 Å². The van der Waals surface area contributed by atoms with Gasteiger partial charge in [-0.2, -0.15) is 11.3 Å². The Morgan fingerprint density at radius 1 is 1.00 bits per heavy atom. The second kappa shape index (κ2) is 11.1. The zero-order chi connectivity index (χ0) is 27.4. The Balaban J connectivity index is 1.75. The van der Waals surface area contributed by atoms with Gasteiger partial charge in [-0.05, 0) is 79.6 Å². The molecule has 0 aliphatic heterocycles. The maximum absolute atomic E-state index is 14.0. The van der Waals surface area contributed by atoms with Gasteiger partial charge in [-0.15, -0.1) is 5.10 Å². The van der Waals surface area contributed by atoms with Crippen molar-refractivity contribution in [2.24, 2.45) is 5.92 Å². The van der Waals surface area contributed by atoms with E-state index >= 15 is 0 Å². The highest BCUT2D eigenvalue weighted by atomic mass is 32.1. The summed E-state index contributed by atoms with van der Waals surface area (Å²) < 4.78 is 1.54. The molecule has 9 nitrogen and oxygen atoms in total. The van der Waals surface area contributed by atoms with Crippen molar-refractivity contribution in [3.8, 4) is 0 Å². The molecule has 3 amide bonds. The van der Waals surface area contributed by atoms with E-state index in [-0.39, 0.29) is 30.2 Å². The van der Waals surface area contributed by atoms with E-state index in [0.29, 0.717) is 22.5 Å². The molecule has 1 atom stereocenters. The summed E-state index contributed by atoms with van der Waals surface area (Å²) in [5, 5.41) is 18.0. The third-order valence-electron chi connectivity index (χ3n) is 5.78. The highest BCUT2D eigenvalue weighted by Crippen LogP contribution is 2.31. The number of rotatable bonds is 8. The Labute approximate surface area is 225 Å². The van der Waals surface area contributed by atoms with Crippen LogP contribution in [0.4, 0.5) is 11.4 Å². The number of nitrogens with zero attached hydrogens (tertiary/aromatic N) is 4. The van der Waals surface area contributed by atoms with Crippen LogP contribution in [0.2, 0.25) is 0 Å². The summed E-state index contributed by atoms with van der Waals surface area (Å²) in [7, 11) is 0. The molecule has 0 saturated carbocycles. The summed E-state index contributed by atoms with van der Waals surface area (Å²) in [5.41, 5.74) is 2.71. The molecule has 4 rings (SSSR count). The maximum atomic E-state index is 14.0. The van der Waals surface area contributed by atoms with E-state index in [1.54, 1.807) is 24.3 Å². The van der Waals surface area contributed by atoms with Crippen LogP contribution in [0.25, 0.3) is 11.0 Å². The van der Waals surface area contributed by atoms with E-state index in [9.17, 15) is 14.4 Å². The average Bonchev–Trinajstić information content (AvgIpc) is 3.52. The van der Waals surface area contributed by atoms with Crippen LogP contribution in [0.15, 0.2) is 65.4 Å². The number of anilines is 2. The smallest absolute Gasteiger partial charge is 0.249 e. The fourth-order valence-electron chi connectivity index (χ4n) is 3.95. The number of fused-ring (bicyclic) bond motifs is 1. The normalized spacial score (nSPS) is 12.4. The summed E-state index contributed by atoms with van der Waals surface area (Å²) in [6.45, 7) is 9.21. The van der Waals surface area contributed by atoms with E-state index in [1.807, 2.05) is 75.7 Å². The lowest BCUT2D eigenvalue weighted by Crippen LogP contribution is -2.50. The summed E-state index contributed by atoms with van der Waals surface area (Å²) >= 11 is 1.45. The van der Waals surface area contributed by atoms with Crippen LogP contribution < -0.4 is 15.5 Å². The second-order valence-electron chi connectivity index (χ2n) is 10.4. The van der Waals surface area contributed by atoms with Gasteiger partial charge in [0.2, 0.25) is 17.7 Å². The third-order valence-corrected chi connectivity index (χ3v) is 6.48. The van der Waals surface area contributed by atoms with Gasteiger partial charge >= 0.3 is 0 Å². The number of amides is 3. The van der Waals surface area contributed by atoms with Crippen molar-refractivity contribution in [2.45, 2.75) is 52.7 Å². The second-order valence-corrected chi connectivity index (χ2v) is 11.2. The van der Waals surface area contributed by atoms with E-state index in [1.165, 1.54) is 20.9 Å². The SMILES string of the molecule is CC(C)C(=O)Nc1ccc(N(C(=O)Cn2nnc3ccccc32)C(C(=O)NC(C)(C)C)c2ccsc2)cc1. The van der Waals surface area contributed by atoms with E-state index in [0.717, 1.165) is 5.52 Å². The standard InChI is InChI=1S/C28H32N6O3S/c1-18(2)26(36)29-20-10-12-21(13-11-20)34(24(35)16-33-23-9-7-6-8-22(23)31-32-33)25(19-14-15-38-17-19)27(37)30-28(3,4)5/h6-15,17-18,25H,16H2,1-5H3,(H,29,36)(H,30,37). The van der Waals surface area contributed by atoms with E-state index < -0.39 is 11.6 Å². The molecule has 4 aromatic rings. The molecule has 0 aliphatic carbocycles. The van der Waals surface area contributed by atoms with Crippen LogP contribution in [0.3, 0.4) is 0 Å². The van der Waals surface area contributed by atoms with Gasteiger partial charge in [0.15, 0.2) is 0 Å². The first-order chi connectivity index (χ1) is 18.0. The molecular formula is C28H32N6O3S. The van der Waals surface area contributed by atoms with Gasteiger partial charge in [-0.3, -0.25) is 19.3 Å². The lowest BCUT2D eigenvalue weighted by Gasteiger charge is -2.33. The van der Waals surface area contributed by atoms with Gasteiger partial charge in [0.25, 0.3) is 0 Å². The van der Waals surface area contributed by atoms with Crippen molar-refractivity contribution in [1.82, 2.24) is 20.3 Å². The lowest BCUT2D eigenvalue weighted by atomic mass is 10.0. The summed E-state index contributed by atoms with van der Waals surface area (Å²) in [4.78, 5) is 41.4. The Hall–Kier alpha value is -4.05. The van der Waals surface area contributed by atoms with Crippen LogP contribution in [-0.4, -0.2) is 38.3 Å². The maximum Gasteiger partial charge on any atom is 0.249 e.